The molecule has 0 heterocycles. The fraction of sp³-hybridized carbons (Fsp3) is 0.278. The van der Waals surface area contributed by atoms with Crippen LogP contribution in [0.5, 0.6) is 0 Å². The number of thiocarbonyl (C=S) groups is 1. The molecule has 2 rings (SSSR count). The van der Waals surface area contributed by atoms with Crippen LogP contribution < -0.4 is 5.32 Å². The Morgan fingerprint density at radius 2 is 1.67 bits per heavy atom. The normalized spacial score (nSPS) is 11.4. The Hall–Kier alpha value is -1.16. The van der Waals surface area contributed by atoms with E-state index in [0.29, 0.717) is 0 Å². The molecule has 2 aromatic carbocycles. The number of hydrogen-bond acceptors (Lipinski definition) is 3. The minimum atomic E-state index is -0.0366. The Morgan fingerprint density at radius 1 is 1.05 bits per heavy atom. The first-order chi connectivity index (χ1) is 10.0. The first-order valence-corrected chi connectivity index (χ1v) is 8.28. The summed E-state index contributed by atoms with van der Waals surface area (Å²) >= 11 is 7.33. The highest BCUT2D eigenvalue weighted by Gasteiger charge is 2.23. The van der Waals surface area contributed by atoms with Gasteiger partial charge < -0.3 is 5.32 Å². The lowest BCUT2D eigenvalue weighted by Crippen LogP contribution is -2.15. The van der Waals surface area contributed by atoms with E-state index in [0.717, 1.165) is 16.3 Å². The summed E-state index contributed by atoms with van der Waals surface area (Å²) in [4.78, 5) is 0. The van der Waals surface area contributed by atoms with Crippen molar-refractivity contribution in [3.8, 4) is 0 Å². The predicted molar refractivity (Wildman–Crippen MR) is 98.0 cm³/mol. The number of benzene rings is 2. The van der Waals surface area contributed by atoms with Gasteiger partial charge in [0, 0.05) is 11.3 Å². The summed E-state index contributed by atoms with van der Waals surface area (Å²) in [5, 5.41) is 3.17. The molecule has 1 nitrogen and oxygen atoms in total. The van der Waals surface area contributed by atoms with Gasteiger partial charge in [-0.15, -0.1) is 11.8 Å². The fourth-order valence-electron chi connectivity index (χ4n) is 2.15. The Morgan fingerprint density at radius 3 is 2.24 bits per heavy atom. The Bertz CT molecular complexity index is 588. The molecule has 0 aliphatic heterocycles. The molecule has 0 unspecified atom stereocenters. The Balaban J connectivity index is 2.12. The van der Waals surface area contributed by atoms with Crippen LogP contribution >= 0.6 is 24.0 Å². The van der Waals surface area contributed by atoms with Gasteiger partial charge in [-0.3, -0.25) is 0 Å². The SMILES string of the molecule is CNCc1ccc(C(C)(C)SC(=S)c2ccccc2)cc1. The van der Waals surface area contributed by atoms with Crippen molar-refractivity contribution >= 4 is 28.2 Å². The van der Waals surface area contributed by atoms with Crippen molar-refractivity contribution in [3.63, 3.8) is 0 Å². The van der Waals surface area contributed by atoms with Crippen molar-refractivity contribution in [2.75, 3.05) is 7.05 Å². The summed E-state index contributed by atoms with van der Waals surface area (Å²) in [7, 11) is 1.96. The van der Waals surface area contributed by atoms with Gasteiger partial charge in [-0.2, -0.15) is 0 Å². The molecular formula is C18H21NS2. The average Bonchev–Trinajstić information content (AvgIpc) is 2.48. The Kier molecular flexibility index (Phi) is 5.57. The van der Waals surface area contributed by atoms with Crippen molar-refractivity contribution in [1.29, 1.82) is 0 Å². The van der Waals surface area contributed by atoms with Crippen molar-refractivity contribution < 1.29 is 0 Å². The average molecular weight is 316 g/mol. The minimum Gasteiger partial charge on any atom is -0.316 e. The zero-order chi connectivity index (χ0) is 15.3. The maximum atomic E-state index is 5.59. The molecule has 0 fully saturated rings. The maximum Gasteiger partial charge on any atom is 0.0786 e. The predicted octanol–water partition coefficient (Wildman–Crippen LogP) is 4.75. The first kappa shape index (κ1) is 16.2. The quantitative estimate of drug-likeness (QED) is 0.800. The van der Waals surface area contributed by atoms with E-state index in [1.807, 2.05) is 25.2 Å². The van der Waals surface area contributed by atoms with E-state index in [4.69, 9.17) is 12.2 Å². The molecule has 0 saturated heterocycles. The molecule has 0 saturated carbocycles. The van der Waals surface area contributed by atoms with E-state index < -0.39 is 0 Å². The van der Waals surface area contributed by atoms with Gasteiger partial charge in [0.2, 0.25) is 0 Å². The van der Waals surface area contributed by atoms with Gasteiger partial charge in [0.05, 0.1) is 4.20 Å². The third-order valence-electron chi connectivity index (χ3n) is 3.39. The van der Waals surface area contributed by atoms with Crippen LogP contribution in [0.15, 0.2) is 54.6 Å². The van der Waals surface area contributed by atoms with Crippen LogP contribution in [0.1, 0.15) is 30.5 Å². The van der Waals surface area contributed by atoms with E-state index >= 15 is 0 Å². The van der Waals surface area contributed by atoms with Gasteiger partial charge in [0.25, 0.3) is 0 Å². The topological polar surface area (TPSA) is 12.0 Å². The molecule has 0 radical (unpaired) electrons. The lowest BCUT2D eigenvalue weighted by molar-refractivity contribution is 0.781. The highest BCUT2D eigenvalue weighted by molar-refractivity contribution is 8.24. The third-order valence-corrected chi connectivity index (χ3v) is 5.04. The molecule has 2 aromatic rings. The molecule has 0 aliphatic carbocycles. The highest BCUT2D eigenvalue weighted by Crippen LogP contribution is 2.38. The number of rotatable bonds is 5. The summed E-state index contributed by atoms with van der Waals surface area (Å²) in [6.07, 6.45) is 0. The van der Waals surface area contributed by atoms with Crippen LogP contribution in [0.3, 0.4) is 0 Å². The molecule has 0 bridgehead atoms. The van der Waals surface area contributed by atoms with Gasteiger partial charge in [-0.05, 0) is 37.6 Å². The second kappa shape index (κ2) is 7.21. The monoisotopic (exact) mass is 315 g/mol. The lowest BCUT2D eigenvalue weighted by atomic mass is 10.0. The second-order valence-electron chi connectivity index (χ2n) is 5.49. The van der Waals surface area contributed by atoms with E-state index in [1.165, 1.54) is 11.1 Å². The van der Waals surface area contributed by atoms with Crippen molar-refractivity contribution in [1.82, 2.24) is 5.32 Å². The zero-order valence-corrected chi connectivity index (χ0v) is 14.4. The number of hydrogen-bond donors (Lipinski definition) is 1. The van der Waals surface area contributed by atoms with Crippen LogP contribution in [0.2, 0.25) is 0 Å². The molecule has 0 atom stereocenters. The summed E-state index contributed by atoms with van der Waals surface area (Å²) in [5.74, 6) is 0. The molecule has 21 heavy (non-hydrogen) atoms. The van der Waals surface area contributed by atoms with Gasteiger partial charge in [-0.1, -0.05) is 66.8 Å². The molecule has 1 N–H and O–H groups in total. The molecule has 0 spiro atoms. The summed E-state index contributed by atoms with van der Waals surface area (Å²) in [6.45, 7) is 5.34. The van der Waals surface area contributed by atoms with Gasteiger partial charge in [0.15, 0.2) is 0 Å². The maximum absolute atomic E-state index is 5.59. The summed E-state index contributed by atoms with van der Waals surface area (Å²) < 4.78 is 0.908. The Labute approximate surface area is 137 Å². The lowest BCUT2D eigenvalue weighted by Gasteiger charge is -2.25. The second-order valence-corrected chi connectivity index (χ2v) is 7.79. The van der Waals surface area contributed by atoms with Crippen molar-refractivity contribution in [2.45, 2.75) is 25.1 Å². The van der Waals surface area contributed by atoms with Crippen LogP contribution in [0, 0.1) is 0 Å². The van der Waals surface area contributed by atoms with Crippen molar-refractivity contribution in [2.24, 2.45) is 0 Å². The zero-order valence-electron chi connectivity index (χ0n) is 12.7. The smallest absolute Gasteiger partial charge is 0.0786 e. The summed E-state index contributed by atoms with van der Waals surface area (Å²) in [6, 6.07) is 19.0. The molecule has 110 valence electrons. The van der Waals surface area contributed by atoms with Crippen LogP contribution in [-0.4, -0.2) is 11.2 Å². The molecule has 0 aliphatic rings. The molecule has 0 amide bonds. The fourth-order valence-corrected chi connectivity index (χ4v) is 3.88. The van der Waals surface area contributed by atoms with E-state index in [2.05, 4.69) is 55.6 Å². The number of thioether (sulfide) groups is 1. The van der Waals surface area contributed by atoms with E-state index in [9.17, 15) is 0 Å². The minimum absolute atomic E-state index is 0.0366. The van der Waals surface area contributed by atoms with Gasteiger partial charge in [-0.25, -0.2) is 0 Å². The van der Waals surface area contributed by atoms with Crippen molar-refractivity contribution in [3.05, 3.63) is 71.3 Å². The standard InChI is InChI=1S/C18H21NS2/c1-18(2,16-11-9-14(10-12-16)13-19-3)21-17(20)15-7-5-4-6-8-15/h4-12,19H,13H2,1-3H3. The summed E-state index contributed by atoms with van der Waals surface area (Å²) in [5.41, 5.74) is 3.72. The third kappa shape index (κ3) is 4.40. The largest absolute Gasteiger partial charge is 0.316 e. The van der Waals surface area contributed by atoms with Crippen LogP contribution in [-0.2, 0) is 11.3 Å². The van der Waals surface area contributed by atoms with Crippen LogP contribution in [0.25, 0.3) is 0 Å². The van der Waals surface area contributed by atoms with E-state index in [1.54, 1.807) is 11.8 Å². The molecule has 3 heteroatoms. The molecular weight excluding hydrogens is 294 g/mol. The van der Waals surface area contributed by atoms with Crippen LogP contribution in [0.4, 0.5) is 0 Å². The first-order valence-electron chi connectivity index (χ1n) is 7.05. The van der Waals surface area contributed by atoms with E-state index in [-0.39, 0.29) is 4.75 Å². The highest BCUT2D eigenvalue weighted by atomic mass is 32.2. The number of nitrogens with one attached hydrogen (secondary N) is 1. The molecule has 0 aromatic heterocycles. The van der Waals surface area contributed by atoms with Gasteiger partial charge in [0.1, 0.15) is 0 Å². The van der Waals surface area contributed by atoms with Gasteiger partial charge >= 0.3 is 0 Å².